The summed E-state index contributed by atoms with van der Waals surface area (Å²) >= 11 is 0. The van der Waals surface area contributed by atoms with E-state index in [0.29, 0.717) is 0 Å². The Bertz CT molecular complexity index is 470. The summed E-state index contributed by atoms with van der Waals surface area (Å²) < 4.78 is 0. The number of carbonyl (C=O) groups is 1. The lowest BCUT2D eigenvalue weighted by Gasteiger charge is -2.34. The van der Waals surface area contributed by atoms with Crippen LogP contribution in [0, 0.1) is 5.92 Å². The van der Waals surface area contributed by atoms with Gasteiger partial charge in [0.25, 0.3) is 0 Å². The zero-order valence-corrected chi connectivity index (χ0v) is 17.3. The first-order valence-corrected chi connectivity index (χ1v) is 10.3. The van der Waals surface area contributed by atoms with Crippen molar-refractivity contribution in [3.8, 4) is 0 Å². The maximum absolute atomic E-state index is 10.5. The largest absolute Gasteiger partial charge is 0.326 e. The number of para-hydroxylation sites is 1. The highest BCUT2D eigenvalue weighted by Crippen LogP contribution is 2.14. The van der Waals surface area contributed by atoms with Gasteiger partial charge < -0.3 is 15.5 Å². The molecule has 0 bridgehead atoms. The molecule has 4 heteroatoms. The quantitative estimate of drug-likeness (QED) is 0.715. The molecule has 1 aliphatic rings. The van der Waals surface area contributed by atoms with Gasteiger partial charge in [-0.2, -0.15) is 0 Å². The predicted molar refractivity (Wildman–Crippen MR) is 113 cm³/mol. The van der Waals surface area contributed by atoms with Crippen LogP contribution in [0.1, 0.15) is 59.8 Å². The smallest absolute Gasteiger partial charge is 0.221 e. The summed E-state index contributed by atoms with van der Waals surface area (Å²) in [5.41, 5.74) is 0.843. The van der Waals surface area contributed by atoms with Gasteiger partial charge in [0.05, 0.1) is 0 Å². The van der Waals surface area contributed by atoms with Crippen LogP contribution < -0.4 is 10.6 Å². The molecule has 0 saturated carbocycles. The molecule has 2 N–H and O–H groups in total. The maximum Gasteiger partial charge on any atom is 0.221 e. The number of benzene rings is 1. The van der Waals surface area contributed by atoms with Crippen molar-refractivity contribution in [2.45, 2.75) is 65.8 Å². The number of carbonyl (C=O) groups excluding carboxylic acids is 1. The third-order valence-electron chi connectivity index (χ3n) is 4.66. The molecule has 0 unspecified atom stereocenters. The van der Waals surface area contributed by atoms with Crippen LogP contribution in [-0.2, 0) is 4.79 Å². The van der Waals surface area contributed by atoms with Crippen molar-refractivity contribution in [3.05, 3.63) is 30.3 Å². The minimum Gasteiger partial charge on any atom is -0.326 e. The molecule has 1 amide bonds. The molecule has 0 aliphatic carbocycles. The van der Waals surface area contributed by atoms with Crippen molar-refractivity contribution >= 4 is 11.6 Å². The molecule has 1 fully saturated rings. The second-order valence-corrected chi connectivity index (χ2v) is 7.60. The van der Waals surface area contributed by atoms with Crippen LogP contribution >= 0.6 is 0 Å². The minimum absolute atomic E-state index is 0.0359. The number of piperidine rings is 1. The van der Waals surface area contributed by atoms with Gasteiger partial charge in [0.2, 0.25) is 5.91 Å². The van der Waals surface area contributed by atoms with Gasteiger partial charge in [-0.05, 0) is 76.3 Å². The summed E-state index contributed by atoms with van der Waals surface area (Å²) in [6, 6.07) is 10.2. The van der Waals surface area contributed by atoms with Crippen LogP contribution in [0.25, 0.3) is 0 Å². The Morgan fingerprint density at radius 1 is 1.19 bits per heavy atom. The van der Waals surface area contributed by atoms with Crippen molar-refractivity contribution in [2.24, 2.45) is 5.92 Å². The van der Waals surface area contributed by atoms with Crippen molar-refractivity contribution < 1.29 is 4.79 Å². The van der Waals surface area contributed by atoms with Gasteiger partial charge in [0.1, 0.15) is 0 Å². The van der Waals surface area contributed by atoms with Crippen molar-refractivity contribution in [1.29, 1.82) is 0 Å². The molecule has 1 aromatic rings. The summed E-state index contributed by atoms with van der Waals surface area (Å²) in [6.45, 7) is 13.5. The van der Waals surface area contributed by atoms with Gasteiger partial charge in [-0.1, -0.05) is 39.0 Å². The molecule has 0 atom stereocenters. The third-order valence-corrected chi connectivity index (χ3v) is 4.66. The number of hydrogen-bond acceptors (Lipinski definition) is 3. The molecule has 1 saturated heterocycles. The Morgan fingerprint density at radius 3 is 2.38 bits per heavy atom. The SMILES string of the molecule is CC(=O)Nc1ccccc1.CCCN(CCCC(C)C)C1CCNCC1. The summed E-state index contributed by atoms with van der Waals surface area (Å²) in [6.07, 6.45) is 6.75. The zero-order valence-electron chi connectivity index (χ0n) is 17.3. The zero-order chi connectivity index (χ0) is 19.2. The molecule has 0 spiro atoms. The normalized spacial score (nSPS) is 14.8. The number of anilines is 1. The number of rotatable bonds is 8. The van der Waals surface area contributed by atoms with Crippen molar-refractivity contribution in [1.82, 2.24) is 10.2 Å². The second-order valence-electron chi connectivity index (χ2n) is 7.60. The Labute approximate surface area is 160 Å². The van der Waals surface area contributed by atoms with E-state index in [1.807, 2.05) is 30.3 Å². The molecule has 4 nitrogen and oxygen atoms in total. The van der Waals surface area contributed by atoms with Gasteiger partial charge >= 0.3 is 0 Å². The van der Waals surface area contributed by atoms with E-state index in [9.17, 15) is 4.79 Å². The minimum atomic E-state index is -0.0359. The van der Waals surface area contributed by atoms with Gasteiger partial charge in [0, 0.05) is 18.7 Å². The van der Waals surface area contributed by atoms with E-state index >= 15 is 0 Å². The van der Waals surface area contributed by atoms with E-state index in [4.69, 9.17) is 0 Å². The maximum atomic E-state index is 10.5. The molecule has 148 valence electrons. The highest BCUT2D eigenvalue weighted by molar-refractivity contribution is 5.88. The highest BCUT2D eigenvalue weighted by Gasteiger charge is 2.19. The van der Waals surface area contributed by atoms with E-state index in [1.54, 1.807) is 0 Å². The lowest BCUT2D eigenvalue weighted by atomic mass is 10.0. The Kier molecular flexibility index (Phi) is 12.0. The third kappa shape index (κ3) is 10.6. The van der Waals surface area contributed by atoms with E-state index < -0.39 is 0 Å². The number of hydrogen-bond donors (Lipinski definition) is 2. The molecule has 0 aromatic heterocycles. The fourth-order valence-electron chi connectivity index (χ4n) is 3.36. The fourth-order valence-corrected chi connectivity index (χ4v) is 3.36. The standard InChI is InChI=1S/C14H30N2.C8H9NO/c1-4-11-16(12-5-6-13(2)3)14-7-9-15-10-8-14;1-7(10)9-8-5-3-2-4-6-8/h13-15H,4-12H2,1-3H3;2-6H,1H3,(H,9,10). The van der Waals surface area contributed by atoms with Crippen molar-refractivity contribution in [2.75, 3.05) is 31.5 Å². The molecule has 2 rings (SSSR count). The molecule has 1 heterocycles. The van der Waals surface area contributed by atoms with E-state index in [-0.39, 0.29) is 5.91 Å². The molecule has 1 aliphatic heterocycles. The summed E-state index contributed by atoms with van der Waals surface area (Å²) in [7, 11) is 0. The van der Waals surface area contributed by atoms with Gasteiger partial charge in [0.15, 0.2) is 0 Å². The van der Waals surface area contributed by atoms with Crippen LogP contribution in [0.2, 0.25) is 0 Å². The number of amides is 1. The Balaban J connectivity index is 0.000000289. The highest BCUT2D eigenvalue weighted by atomic mass is 16.1. The van der Waals surface area contributed by atoms with Gasteiger partial charge in [-0.25, -0.2) is 0 Å². The van der Waals surface area contributed by atoms with Crippen LogP contribution in [0.3, 0.4) is 0 Å². The Hall–Kier alpha value is -1.39. The van der Waals surface area contributed by atoms with E-state index in [0.717, 1.165) is 17.6 Å². The van der Waals surface area contributed by atoms with Crippen molar-refractivity contribution in [3.63, 3.8) is 0 Å². The van der Waals surface area contributed by atoms with Crippen LogP contribution in [0.4, 0.5) is 5.69 Å². The lowest BCUT2D eigenvalue weighted by Crippen LogP contribution is -2.43. The van der Waals surface area contributed by atoms with Crippen LogP contribution in [-0.4, -0.2) is 43.0 Å². The number of nitrogens with zero attached hydrogens (tertiary/aromatic N) is 1. The number of nitrogens with one attached hydrogen (secondary N) is 2. The average Bonchev–Trinajstić information content (AvgIpc) is 2.62. The summed E-state index contributed by atoms with van der Waals surface area (Å²) in [5, 5.41) is 6.13. The first kappa shape index (κ1) is 22.7. The predicted octanol–water partition coefficient (Wildman–Crippen LogP) is 4.53. The monoisotopic (exact) mass is 361 g/mol. The van der Waals surface area contributed by atoms with Crippen LogP contribution in [0.15, 0.2) is 30.3 Å². The van der Waals surface area contributed by atoms with Gasteiger partial charge in [-0.15, -0.1) is 0 Å². The first-order valence-electron chi connectivity index (χ1n) is 10.3. The summed E-state index contributed by atoms with van der Waals surface area (Å²) in [5.74, 6) is 0.822. The topological polar surface area (TPSA) is 44.4 Å². The second kappa shape index (κ2) is 13.8. The van der Waals surface area contributed by atoms with Crippen LogP contribution in [0.5, 0.6) is 0 Å². The summed E-state index contributed by atoms with van der Waals surface area (Å²) in [4.78, 5) is 13.2. The molecular formula is C22H39N3O. The van der Waals surface area contributed by atoms with Gasteiger partial charge in [-0.3, -0.25) is 4.79 Å². The van der Waals surface area contributed by atoms with E-state index in [1.165, 1.54) is 65.2 Å². The van der Waals surface area contributed by atoms with E-state index in [2.05, 4.69) is 36.3 Å². The molecule has 26 heavy (non-hydrogen) atoms. The molecule has 1 aromatic carbocycles. The molecule has 0 radical (unpaired) electrons. The first-order chi connectivity index (χ1) is 12.5. The fraction of sp³-hybridized carbons (Fsp3) is 0.682. The molecular weight excluding hydrogens is 322 g/mol. The lowest BCUT2D eigenvalue weighted by molar-refractivity contribution is -0.114. The average molecular weight is 362 g/mol. The Morgan fingerprint density at radius 2 is 1.85 bits per heavy atom.